The van der Waals surface area contributed by atoms with Gasteiger partial charge in [0.1, 0.15) is 6.42 Å². The van der Waals surface area contributed by atoms with Crippen molar-refractivity contribution in [2.45, 2.75) is 6.42 Å². The van der Waals surface area contributed by atoms with Crippen LogP contribution in [0.15, 0.2) is 23.7 Å². The lowest BCUT2D eigenvalue weighted by molar-refractivity contribution is -0.115. The summed E-state index contributed by atoms with van der Waals surface area (Å²) in [4.78, 5) is 15.3. The number of hydrogen-bond acceptors (Lipinski definition) is 4. The fourth-order valence-electron chi connectivity index (χ4n) is 1.21. The van der Waals surface area contributed by atoms with E-state index in [0.29, 0.717) is 5.69 Å². The standard InChI is InChI=1S/C10H7N3OS/c11-4-3-10(14)13-7-1-2-8-9(5-7)15-6-12-8/h1-2,5-6H,3H2,(H,13,14). The van der Waals surface area contributed by atoms with Crippen molar-refractivity contribution >= 4 is 33.1 Å². The van der Waals surface area contributed by atoms with E-state index in [1.807, 2.05) is 12.1 Å². The summed E-state index contributed by atoms with van der Waals surface area (Å²) in [7, 11) is 0. The van der Waals surface area contributed by atoms with Crippen molar-refractivity contribution < 1.29 is 4.79 Å². The van der Waals surface area contributed by atoms with Gasteiger partial charge in [0.2, 0.25) is 5.91 Å². The summed E-state index contributed by atoms with van der Waals surface area (Å²) in [6, 6.07) is 7.26. The molecule has 1 amide bonds. The van der Waals surface area contributed by atoms with Gasteiger partial charge in [-0.15, -0.1) is 11.3 Å². The molecule has 0 unspecified atom stereocenters. The fourth-order valence-corrected chi connectivity index (χ4v) is 1.93. The van der Waals surface area contributed by atoms with E-state index >= 15 is 0 Å². The zero-order chi connectivity index (χ0) is 10.7. The Balaban J connectivity index is 2.22. The Morgan fingerprint density at radius 2 is 2.47 bits per heavy atom. The van der Waals surface area contributed by atoms with Gasteiger partial charge in [0.25, 0.3) is 0 Å². The number of aromatic nitrogens is 1. The minimum atomic E-state index is -0.290. The van der Waals surface area contributed by atoms with E-state index < -0.39 is 0 Å². The topological polar surface area (TPSA) is 65.8 Å². The molecule has 15 heavy (non-hydrogen) atoms. The maximum Gasteiger partial charge on any atom is 0.238 e. The number of fused-ring (bicyclic) bond motifs is 1. The van der Waals surface area contributed by atoms with E-state index in [0.717, 1.165) is 10.2 Å². The van der Waals surface area contributed by atoms with Crippen LogP contribution in [0.1, 0.15) is 6.42 Å². The van der Waals surface area contributed by atoms with Gasteiger partial charge in [-0.25, -0.2) is 4.98 Å². The first kappa shape index (κ1) is 9.62. The van der Waals surface area contributed by atoms with Crippen molar-refractivity contribution in [2.24, 2.45) is 0 Å². The van der Waals surface area contributed by atoms with Gasteiger partial charge in [-0.05, 0) is 18.2 Å². The number of thiazole rings is 1. The first-order chi connectivity index (χ1) is 7.29. The van der Waals surface area contributed by atoms with Gasteiger partial charge in [0, 0.05) is 5.69 Å². The van der Waals surface area contributed by atoms with Crippen LogP contribution in [0.2, 0.25) is 0 Å². The minimum Gasteiger partial charge on any atom is -0.325 e. The lowest BCUT2D eigenvalue weighted by Gasteiger charge is -2.01. The van der Waals surface area contributed by atoms with Gasteiger partial charge in [0.15, 0.2) is 0 Å². The van der Waals surface area contributed by atoms with E-state index in [9.17, 15) is 4.79 Å². The van der Waals surface area contributed by atoms with Crippen LogP contribution in [0, 0.1) is 11.3 Å². The van der Waals surface area contributed by atoms with Gasteiger partial charge >= 0.3 is 0 Å². The van der Waals surface area contributed by atoms with E-state index in [1.54, 1.807) is 17.6 Å². The molecule has 74 valence electrons. The summed E-state index contributed by atoms with van der Waals surface area (Å²) in [6.07, 6.45) is -0.124. The highest BCUT2D eigenvalue weighted by Gasteiger charge is 2.02. The van der Waals surface area contributed by atoms with E-state index in [-0.39, 0.29) is 12.3 Å². The van der Waals surface area contributed by atoms with Crippen molar-refractivity contribution in [1.82, 2.24) is 4.98 Å². The molecule has 5 heteroatoms. The SMILES string of the molecule is N#CCC(=O)Nc1ccc2ncsc2c1. The van der Waals surface area contributed by atoms with E-state index in [4.69, 9.17) is 5.26 Å². The highest BCUT2D eigenvalue weighted by atomic mass is 32.1. The predicted molar refractivity (Wildman–Crippen MR) is 58.5 cm³/mol. The Labute approximate surface area is 90.2 Å². The lowest BCUT2D eigenvalue weighted by atomic mass is 10.3. The molecular formula is C10H7N3OS. The second-order valence-electron chi connectivity index (χ2n) is 2.92. The molecule has 0 aliphatic rings. The molecule has 0 fully saturated rings. The quantitative estimate of drug-likeness (QED) is 0.838. The van der Waals surface area contributed by atoms with Crippen molar-refractivity contribution in [3.63, 3.8) is 0 Å². The number of rotatable bonds is 2. The third-order valence-electron chi connectivity index (χ3n) is 1.85. The second kappa shape index (κ2) is 4.07. The van der Waals surface area contributed by atoms with Gasteiger partial charge in [-0.2, -0.15) is 5.26 Å². The lowest BCUT2D eigenvalue weighted by Crippen LogP contribution is -2.09. The molecule has 0 radical (unpaired) electrons. The summed E-state index contributed by atoms with van der Waals surface area (Å²) in [5, 5.41) is 11.0. The minimum absolute atomic E-state index is 0.124. The fraction of sp³-hybridized carbons (Fsp3) is 0.100. The average molecular weight is 217 g/mol. The zero-order valence-electron chi connectivity index (χ0n) is 7.73. The Morgan fingerprint density at radius 3 is 3.27 bits per heavy atom. The molecule has 0 aliphatic carbocycles. The molecule has 1 heterocycles. The number of anilines is 1. The number of nitriles is 1. The number of benzene rings is 1. The molecule has 4 nitrogen and oxygen atoms in total. The summed E-state index contributed by atoms with van der Waals surface area (Å²) < 4.78 is 1.02. The second-order valence-corrected chi connectivity index (χ2v) is 3.80. The number of carbonyl (C=O) groups excluding carboxylic acids is 1. The highest BCUT2D eigenvalue weighted by Crippen LogP contribution is 2.21. The van der Waals surface area contributed by atoms with Gasteiger partial charge in [-0.1, -0.05) is 0 Å². The molecule has 0 atom stereocenters. The molecule has 0 aliphatic heterocycles. The number of nitrogens with zero attached hydrogens (tertiary/aromatic N) is 2. The normalized spacial score (nSPS) is 9.80. The van der Waals surface area contributed by atoms with Crippen LogP contribution in [0.25, 0.3) is 10.2 Å². The molecule has 0 saturated carbocycles. The molecule has 2 rings (SSSR count). The van der Waals surface area contributed by atoms with Crippen molar-refractivity contribution in [3.05, 3.63) is 23.7 Å². The number of nitrogens with one attached hydrogen (secondary N) is 1. The van der Waals surface area contributed by atoms with Crippen LogP contribution in [0.3, 0.4) is 0 Å². The highest BCUT2D eigenvalue weighted by molar-refractivity contribution is 7.16. The van der Waals surface area contributed by atoms with E-state index in [1.165, 1.54) is 11.3 Å². The molecule has 0 saturated heterocycles. The molecule has 2 aromatic rings. The molecule has 1 aromatic carbocycles. The first-order valence-electron chi connectivity index (χ1n) is 4.29. The third kappa shape index (κ3) is 2.11. The van der Waals surface area contributed by atoms with E-state index in [2.05, 4.69) is 10.3 Å². The van der Waals surface area contributed by atoms with Crippen LogP contribution in [0.4, 0.5) is 5.69 Å². The molecule has 1 N–H and O–H groups in total. The monoisotopic (exact) mass is 217 g/mol. The maximum atomic E-state index is 11.1. The van der Waals surface area contributed by atoms with Crippen LogP contribution in [-0.4, -0.2) is 10.9 Å². The summed E-state index contributed by atoms with van der Waals surface area (Å²) in [5.41, 5.74) is 3.37. The van der Waals surface area contributed by atoms with Crippen molar-refractivity contribution in [1.29, 1.82) is 5.26 Å². The summed E-state index contributed by atoms with van der Waals surface area (Å²) >= 11 is 1.51. The molecular weight excluding hydrogens is 210 g/mol. The number of hydrogen-bond donors (Lipinski definition) is 1. The number of amides is 1. The van der Waals surface area contributed by atoms with Crippen molar-refractivity contribution in [3.8, 4) is 6.07 Å². The molecule has 0 bridgehead atoms. The Morgan fingerprint density at radius 1 is 1.60 bits per heavy atom. The van der Waals surface area contributed by atoms with Crippen LogP contribution < -0.4 is 5.32 Å². The Kier molecular flexibility index (Phi) is 2.61. The van der Waals surface area contributed by atoms with Crippen LogP contribution in [-0.2, 0) is 4.79 Å². The predicted octanol–water partition coefficient (Wildman–Crippen LogP) is 2.15. The van der Waals surface area contributed by atoms with Gasteiger partial charge < -0.3 is 5.32 Å². The number of carbonyl (C=O) groups is 1. The van der Waals surface area contributed by atoms with Gasteiger partial charge in [-0.3, -0.25) is 4.79 Å². The van der Waals surface area contributed by atoms with Crippen molar-refractivity contribution in [2.75, 3.05) is 5.32 Å². The van der Waals surface area contributed by atoms with Gasteiger partial charge in [0.05, 0.1) is 21.8 Å². The van der Waals surface area contributed by atoms with Crippen LogP contribution >= 0.6 is 11.3 Å². The third-order valence-corrected chi connectivity index (χ3v) is 2.65. The largest absolute Gasteiger partial charge is 0.325 e. The Bertz CT molecular complexity index is 541. The Hall–Kier alpha value is -1.93. The maximum absolute atomic E-state index is 11.1. The average Bonchev–Trinajstić information content (AvgIpc) is 2.65. The first-order valence-corrected chi connectivity index (χ1v) is 5.17. The summed E-state index contributed by atoms with van der Waals surface area (Å²) in [6.45, 7) is 0. The zero-order valence-corrected chi connectivity index (χ0v) is 8.54. The summed E-state index contributed by atoms with van der Waals surface area (Å²) in [5.74, 6) is -0.290. The molecule has 1 aromatic heterocycles. The van der Waals surface area contributed by atoms with Crippen LogP contribution in [0.5, 0.6) is 0 Å². The smallest absolute Gasteiger partial charge is 0.238 e. The molecule has 0 spiro atoms.